The molecule has 1 aliphatic heterocycles. The van der Waals surface area contributed by atoms with Gasteiger partial charge in [0.05, 0.1) is 6.42 Å². The van der Waals surface area contributed by atoms with Gasteiger partial charge in [-0.3, -0.25) is 14.9 Å². The van der Waals surface area contributed by atoms with Gasteiger partial charge >= 0.3 is 0 Å². The number of imide groups is 1. The lowest BCUT2D eigenvalue weighted by Gasteiger charge is -2.10. The van der Waals surface area contributed by atoms with Crippen LogP contribution < -0.4 is 10.6 Å². The Labute approximate surface area is 85.5 Å². The van der Waals surface area contributed by atoms with E-state index in [4.69, 9.17) is 0 Å². The van der Waals surface area contributed by atoms with Crippen molar-refractivity contribution < 1.29 is 14.0 Å². The van der Waals surface area contributed by atoms with Crippen molar-refractivity contribution in [3.63, 3.8) is 0 Å². The first-order chi connectivity index (χ1) is 7.15. The predicted octanol–water partition coefficient (Wildman–Crippen LogP) is 0.653. The van der Waals surface area contributed by atoms with Crippen molar-refractivity contribution in [2.75, 3.05) is 5.32 Å². The van der Waals surface area contributed by atoms with Gasteiger partial charge < -0.3 is 5.32 Å². The lowest BCUT2D eigenvalue weighted by atomic mass is 10.2. The van der Waals surface area contributed by atoms with Crippen LogP contribution in [0.3, 0.4) is 0 Å². The minimum absolute atomic E-state index is 0.0926. The van der Waals surface area contributed by atoms with Crippen LogP contribution in [0.25, 0.3) is 0 Å². The van der Waals surface area contributed by atoms with Crippen LogP contribution in [0.2, 0.25) is 0 Å². The van der Waals surface area contributed by atoms with E-state index in [1.165, 1.54) is 18.2 Å². The molecule has 1 unspecified atom stereocenters. The van der Waals surface area contributed by atoms with Crippen LogP contribution in [0, 0.1) is 5.82 Å². The molecule has 0 radical (unpaired) electrons. The molecule has 4 nitrogen and oxygen atoms in total. The molecule has 15 heavy (non-hydrogen) atoms. The first-order valence-corrected chi connectivity index (χ1v) is 4.51. The third-order valence-corrected chi connectivity index (χ3v) is 2.13. The smallest absolute Gasteiger partial charge is 0.249 e. The second-order valence-electron chi connectivity index (χ2n) is 3.32. The second-order valence-corrected chi connectivity index (χ2v) is 3.32. The Morgan fingerprint density at radius 3 is 2.80 bits per heavy atom. The fourth-order valence-electron chi connectivity index (χ4n) is 1.45. The molecule has 1 saturated heterocycles. The fourth-order valence-corrected chi connectivity index (χ4v) is 1.45. The van der Waals surface area contributed by atoms with Crippen molar-refractivity contribution in [3.8, 4) is 0 Å². The van der Waals surface area contributed by atoms with Gasteiger partial charge in [-0.1, -0.05) is 6.07 Å². The Morgan fingerprint density at radius 2 is 2.20 bits per heavy atom. The Balaban J connectivity index is 2.09. The highest BCUT2D eigenvalue weighted by molar-refractivity contribution is 6.06. The molecule has 78 valence electrons. The number of anilines is 1. The zero-order valence-corrected chi connectivity index (χ0v) is 7.79. The molecule has 0 saturated carbocycles. The number of nitrogens with one attached hydrogen (secondary N) is 2. The standard InChI is InChI=1S/C10H9FN2O2/c11-6-2-1-3-7(4-6)12-8-5-9(14)13-10(8)15/h1-4,8,12H,5H2,(H,13,14,15). The Morgan fingerprint density at radius 1 is 1.40 bits per heavy atom. The zero-order valence-electron chi connectivity index (χ0n) is 7.79. The number of carbonyl (C=O) groups excluding carboxylic acids is 2. The van der Waals surface area contributed by atoms with Crippen molar-refractivity contribution in [2.45, 2.75) is 12.5 Å². The summed E-state index contributed by atoms with van der Waals surface area (Å²) in [5.41, 5.74) is 0.491. The first kappa shape index (κ1) is 9.64. The van der Waals surface area contributed by atoms with Gasteiger partial charge in [-0.2, -0.15) is 0 Å². The molecular formula is C10H9FN2O2. The molecule has 1 atom stereocenters. The first-order valence-electron chi connectivity index (χ1n) is 4.51. The van der Waals surface area contributed by atoms with Gasteiger partial charge in [0.2, 0.25) is 11.8 Å². The molecule has 0 spiro atoms. The third-order valence-electron chi connectivity index (χ3n) is 2.13. The minimum atomic E-state index is -0.598. The highest BCUT2D eigenvalue weighted by atomic mass is 19.1. The topological polar surface area (TPSA) is 58.2 Å². The summed E-state index contributed by atoms with van der Waals surface area (Å²) in [6.45, 7) is 0. The molecule has 1 fully saturated rings. The van der Waals surface area contributed by atoms with Crippen LogP contribution in [0.15, 0.2) is 24.3 Å². The van der Waals surface area contributed by atoms with Crippen molar-refractivity contribution in [1.82, 2.24) is 5.32 Å². The molecule has 2 N–H and O–H groups in total. The lowest BCUT2D eigenvalue weighted by molar-refractivity contribution is -0.124. The van der Waals surface area contributed by atoms with Crippen molar-refractivity contribution in [3.05, 3.63) is 30.1 Å². The van der Waals surface area contributed by atoms with Crippen LogP contribution in [0.5, 0.6) is 0 Å². The van der Waals surface area contributed by atoms with Gasteiger partial charge in [-0.15, -0.1) is 0 Å². The molecule has 2 rings (SSSR count). The number of amides is 2. The van der Waals surface area contributed by atoms with E-state index >= 15 is 0 Å². The SMILES string of the molecule is O=C1CC(Nc2cccc(F)c2)C(=O)N1. The van der Waals surface area contributed by atoms with Crippen LogP contribution in [-0.2, 0) is 9.59 Å². The van der Waals surface area contributed by atoms with E-state index in [9.17, 15) is 14.0 Å². The summed E-state index contributed by atoms with van der Waals surface area (Å²) in [5, 5.41) is 4.96. The van der Waals surface area contributed by atoms with Crippen LogP contribution in [0.4, 0.5) is 10.1 Å². The average molecular weight is 208 g/mol. The molecule has 1 heterocycles. The largest absolute Gasteiger partial charge is 0.373 e. The second kappa shape index (κ2) is 3.68. The quantitative estimate of drug-likeness (QED) is 0.702. The Kier molecular flexibility index (Phi) is 2.37. The summed E-state index contributed by atoms with van der Waals surface area (Å²) in [7, 11) is 0. The van der Waals surface area contributed by atoms with E-state index in [1.807, 2.05) is 0 Å². The van der Waals surface area contributed by atoms with Gasteiger partial charge in [0.15, 0.2) is 0 Å². The van der Waals surface area contributed by atoms with Crippen molar-refractivity contribution in [2.24, 2.45) is 0 Å². The maximum atomic E-state index is 12.8. The number of benzene rings is 1. The lowest BCUT2D eigenvalue weighted by Crippen LogP contribution is -2.29. The molecule has 2 amide bonds. The molecule has 0 aliphatic carbocycles. The fraction of sp³-hybridized carbons (Fsp3) is 0.200. The van der Waals surface area contributed by atoms with Crippen LogP contribution >= 0.6 is 0 Å². The minimum Gasteiger partial charge on any atom is -0.373 e. The maximum Gasteiger partial charge on any atom is 0.249 e. The Hall–Kier alpha value is -1.91. The number of hydrogen-bond donors (Lipinski definition) is 2. The number of rotatable bonds is 2. The summed E-state index contributed by atoms with van der Waals surface area (Å²) >= 11 is 0. The summed E-state index contributed by atoms with van der Waals surface area (Å²) < 4.78 is 12.8. The van der Waals surface area contributed by atoms with E-state index in [0.29, 0.717) is 5.69 Å². The molecule has 1 aromatic rings. The number of carbonyl (C=O) groups is 2. The highest BCUT2D eigenvalue weighted by Crippen LogP contribution is 2.13. The highest BCUT2D eigenvalue weighted by Gasteiger charge is 2.30. The van der Waals surface area contributed by atoms with E-state index in [1.54, 1.807) is 6.07 Å². The van der Waals surface area contributed by atoms with Gasteiger partial charge in [-0.25, -0.2) is 4.39 Å². The van der Waals surface area contributed by atoms with Gasteiger partial charge in [0.25, 0.3) is 0 Å². The summed E-state index contributed by atoms with van der Waals surface area (Å²) in [4.78, 5) is 22.1. The molecule has 0 aromatic heterocycles. The van der Waals surface area contributed by atoms with Gasteiger partial charge in [0, 0.05) is 5.69 Å². The normalized spacial score (nSPS) is 20.2. The zero-order chi connectivity index (χ0) is 10.8. The van der Waals surface area contributed by atoms with Crippen molar-refractivity contribution in [1.29, 1.82) is 0 Å². The third kappa shape index (κ3) is 2.12. The van der Waals surface area contributed by atoms with Crippen molar-refractivity contribution >= 4 is 17.5 Å². The number of hydrogen-bond acceptors (Lipinski definition) is 3. The summed E-state index contributed by atoms with van der Waals surface area (Å²) in [6, 6.07) is 5.16. The molecule has 1 aliphatic rings. The van der Waals surface area contributed by atoms with Gasteiger partial charge in [0.1, 0.15) is 11.9 Å². The van der Waals surface area contributed by atoms with E-state index in [0.717, 1.165) is 0 Å². The van der Waals surface area contributed by atoms with Gasteiger partial charge in [-0.05, 0) is 18.2 Å². The maximum absolute atomic E-state index is 12.8. The average Bonchev–Trinajstić information content (AvgIpc) is 2.45. The van der Waals surface area contributed by atoms with Crippen LogP contribution in [0.1, 0.15) is 6.42 Å². The Bertz CT molecular complexity index is 420. The van der Waals surface area contributed by atoms with E-state index < -0.39 is 6.04 Å². The monoisotopic (exact) mass is 208 g/mol. The number of halogens is 1. The summed E-state index contributed by atoms with van der Waals surface area (Å²) in [6.07, 6.45) is 0.0926. The molecule has 5 heteroatoms. The van der Waals surface area contributed by atoms with E-state index in [-0.39, 0.29) is 24.1 Å². The summed E-state index contributed by atoms with van der Waals surface area (Å²) in [5.74, 6) is -1.07. The molecule has 1 aromatic carbocycles. The predicted molar refractivity (Wildman–Crippen MR) is 51.6 cm³/mol. The molecule has 0 bridgehead atoms. The van der Waals surface area contributed by atoms with Crippen LogP contribution in [-0.4, -0.2) is 17.9 Å². The molecular weight excluding hydrogens is 199 g/mol. The van der Waals surface area contributed by atoms with E-state index in [2.05, 4.69) is 10.6 Å².